The summed E-state index contributed by atoms with van der Waals surface area (Å²) in [4.78, 5) is 11.0. The lowest BCUT2D eigenvalue weighted by Gasteiger charge is -2.11. The first kappa shape index (κ1) is 14.7. The van der Waals surface area contributed by atoms with Crippen LogP contribution in [0.4, 0.5) is 0 Å². The predicted octanol–water partition coefficient (Wildman–Crippen LogP) is 1.14. The molecular formula is C11H18N2O4S. The molecule has 7 heteroatoms. The molecule has 0 aliphatic carbocycles. The van der Waals surface area contributed by atoms with Crippen LogP contribution in [0.3, 0.4) is 0 Å². The Morgan fingerprint density at radius 3 is 2.56 bits per heavy atom. The lowest BCUT2D eigenvalue weighted by molar-refractivity contribution is 0.0695. The number of aryl methyl sites for hydroxylation is 1. The molecule has 0 aromatic carbocycles. The highest BCUT2D eigenvalue weighted by Gasteiger charge is 2.20. The molecule has 0 unspecified atom stereocenters. The highest BCUT2D eigenvalue weighted by atomic mass is 32.2. The number of hydrogen-bond donors (Lipinski definition) is 1. The van der Waals surface area contributed by atoms with Gasteiger partial charge in [-0.05, 0) is 5.92 Å². The van der Waals surface area contributed by atoms with Gasteiger partial charge < -0.3 is 5.11 Å². The average molecular weight is 274 g/mol. The van der Waals surface area contributed by atoms with Crippen LogP contribution in [-0.2, 0) is 16.4 Å². The smallest absolute Gasteiger partial charge is 0.339 e. The molecule has 1 rings (SSSR count). The quantitative estimate of drug-likeness (QED) is 0.840. The molecule has 1 N–H and O–H groups in total. The number of nitrogens with zero attached hydrogens (tertiary/aromatic N) is 2. The zero-order valence-corrected chi connectivity index (χ0v) is 11.6. The van der Waals surface area contributed by atoms with E-state index in [-0.39, 0.29) is 29.5 Å². The van der Waals surface area contributed by atoms with Crippen LogP contribution in [0.2, 0.25) is 0 Å². The first-order valence-electron chi connectivity index (χ1n) is 5.78. The Morgan fingerprint density at radius 1 is 1.50 bits per heavy atom. The second-order valence-corrected chi connectivity index (χ2v) is 6.84. The Labute approximate surface area is 107 Å². The van der Waals surface area contributed by atoms with Gasteiger partial charge in [-0.25, -0.2) is 13.2 Å². The highest BCUT2D eigenvalue weighted by Crippen LogP contribution is 2.19. The Morgan fingerprint density at radius 2 is 2.11 bits per heavy atom. The molecule has 6 nitrogen and oxygen atoms in total. The fraction of sp³-hybridized carbons (Fsp3) is 0.636. The second kappa shape index (κ2) is 5.51. The van der Waals surface area contributed by atoms with Crippen LogP contribution < -0.4 is 0 Å². The van der Waals surface area contributed by atoms with E-state index in [0.717, 1.165) is 0 Å². The first-order valence-corrected chi connectivity index (χ1v) is 7.60. The van der Waals surface area contributed by atoms with E-state index >= 15 is 0 Å². The lowest BCUT2D eigenvalue weighted by Crippen LogP contribution is -2.18. The predicted molar refractivity (Wildman–Crippen MR) is 67.6 cm³/mol. The van der Waals surface area contributed by atoms with Crippen molar-refractivity contribution in [2.45, 2.75) is 33.2 Å². The molecule has 1 heterocycles. The summed E-state index contributed by atoms with van der Waals surface area (Å²) in [5.41, 5.74) is 0.702. The summed E-state index contributed by atoms with van der Waals surface area (Å²) < 4.78 is 24.3. The van der Waals surface area contributed by atoms with Crippen molar-refractivity contribution >= 4 is 15.8 Å². The summed E-state index contributed by atoms with van der Waals surface area (Å²) in [5, 5.41) is 13.0. The van der Waals surface area contributed by atoms with E-state index in [1.54, 1.807) is 6.92 Å². The van der Waals surface area contributed by atoms with E-state index in [4.69, 9.17) is 5.11 Å². The molecule has 0 amide bonds. The number of carbonyl (C=O) groups is 1. The number of hydrogen-bond acceptors (Lipinski definition) is 4. The SMILES string of the molecule is CCS(=O)(=O)CCn1ncc(C(=O)O)c1C(C)C. The van der Waals surface area contributed by atoms with Crippen LogP contribution >= 0.6 is 0 Å². The third kappa shape index (κ3) is 3.32. The normalized spacial score (nSPS) is 12.0. The van der Waals surface area contributed by atoms with Gasteiger partial charge in [-0.1, -0.05) is 20.8 Å². The van der Waals surface area contributed by atoms with E-state index < -0.39 is 15.8 Å². The fourth-order valence-electron chi connectivity index (χ4n) is 1.72. The summed E-state index contributed by atoms with van der Waals surface area (Å²) in [7, 11) is -3.08. The zero-order valence-electron chi connectivity index (χ0n) is 10.8. The van der Waals surface area contributed by atoms with Gasteiger partial charge in [0.2, 0.25) is 0 Å². The molecule has 102 valence electrons. The number of aromatic carboxylic acids is 1. The van der Waals surface area contributed by atoms with Crippen LogP contribution in [-0.4, -0.2) is 40.8 Å². The topological polar surface area (TPSA) is 89.3 Å². The van der Waals surface area contributed by atoms with E-state index in [9.17, 15) is 13.2 Å². The number of rotatable bonds is 6. The van der Waals surface area contributed by atoms with Gasteiger partial charge in [-0.2, -0.15) is 5.10 Å². The fourth-order valence-corrected chi connectivity index (χ4v) is 2.46. The minimum Gasteiger partial charge on any atom is -0.478 e. The zero-order chi connectivity index (χ0) is 13.9. The average Bonchev–Trinajstić information content (AvgIpc) is 2.70. The molecule has 0 radical (unpaired) electrons. The number of carboxylic acids is 1. The van der Waals surface area contributed by atoms with Gasteiger partial charge in [0.15, 0.2) is 9.84 Å². The van der Waals surface area contributed by atoms with E-state index in [0.29, 0.717) is 5.69 Å². The summed E-state index contributed by atoms with van der Waals surface area (Å²) in [6, 6.07) is 0. The summed E-state index contributed by atoms with van der Waals surface area (Å²) in [6.07, 6.45) is 1.27. The maximum absolute atomic E-state index is 11.4. The van der Waals surface area contributed by atoms with Crippen molar-refractivity contribution in [3.8, 4) is 0 Å². The third-order valence-corrected chi connectivity index (χ3v) is 4.40. The van der Waals surface area contributed by atoms with Gasteiger partial charge in [-0.15, -0.1) is 0 Å². The van der Waals surface area contributed by atoms with Gasteiger partial charge in [0.05, 0.1) is 24.2 Å². The third-order valence-electron chi connectivity index (χ3n) is 2.71. The van der Waals surface area contributed by atoms with Crippen molar-refractivity contribution in [3.05, 3.63) is 17.5 Å². The first-order chi connectivity index (χ1) is 8.28. The Bertz CT molecular complexity index is 531. The molecule has 0 saturated carbocycles. The monoisotopic (exact) mass is 274 g/mol. The van der Waals surface area contributed by atoms with Crippen LogP contribution in [0.15, 0.2) is 6.20 Å². The molecule has 18 heavy (non-hydrogen) atoms. The molecule has 0 saturated heterocycles. The van der Waals surface area contributed by atoms with Crippen LogP contribution in [0.1, 0.15) is 42.7 Å². The van der Waals surface area contributed by atoms with E-state index in [1.165, 1.54) is 10.9 Å². The molecule has 0 aliphatic rings. The standard InChI is InChI=1S/C11H18N2O4S/c1-4-18(16,17)6-5-13-10(8(2)3)9(7-12-13)11(14)15/h7-8H,4-6H2,1-3H3,(H,14,15). The van der Waals surface area contributed by atoms with Crippen LogP contribution in [0, 0.1) is 0 Å². The van der Waals surface area contributed by atoms with Crippen molar-refractivity contribution in [2.24, 2.45) is 0 Å². The molecule has 1 aromatic heterocycles. The van der Waals surface area contributed by atoms with Gasteiger partial charge >= 0.3 is 5.97 Å². The largest absolute Gasteiger partial charge is 0.478 e. The lowest BCUT2D eigenvalue weighted by atomic mass is 10.1. The van der Waals surface area contributed by atoms with Crippen molar-refractivity contribution in [1.82, 2.24) is 9.78 Å². The van der Waals surface area contributed by atoms with E-state index in [1.807, 2.05) is 13.8 Å². The van der Waals surface area contributed by atoms with Crippen LogP contribution in [0.5, 0.6) is 0 Å². The Hall–Kier alpha value is -1.37. The summed E-state index contributed by atoms with van der Waals surface area (Å²) in [6.45, 7) is 5.49. The Kier molecular flexibility index (Phi) is 4.50. The maximum atomic E-state index is 11.4. The van der Waals surface area contributed by atoms with Crippen molar-refractivity contribution < 1.29 is 18.3 Å². The van der Waals surface area contributed by atoms with Gasteiger partial charge in [0.1, 0.15) is 5.56 Å². The molecule has 0 spiro atoms. The molecule has 1 aromatic rings. The van der Waals surface area contributed by atoms with E-state index in [2.05, 4.69) is 5.10 Å². The molecular weight excluding hydrogens is 256 g/mol. The highest BCUT2D eigenvalue weighted by molar-refractivity contribution is 7.91. The number of carboxylic acid groups (broad SMARTS) is 1. The number of aromatic nitrogens is 2. The van der Waals surface area contributed by atoms with Crippen molar-refractivity contribution in [3.63, 3.8) is 0 Å². The van der Waals surface area contributed by atoms with Crippen LogP contribution in [0.25, 0.3) is 0 Å². The van der Waals surface area contributed by atoms with Gasteiger partial charge in [-0.3, -0.25) is 4.68 Å². The van der Waals surface area contributed by atoms with Gasteiger partial charge in [0.25, 0.3) is 0 Å². The van der Waals surface area contributed by atoms with Crippen molar-refractivity contribution in [1.29, 1.82) is 0 Å². The molecule has 0 fully saturated rings. The minimum atomic E-state index is -3.08. The minimum absolute atomic E-state index is 0.0239. The molecule has 0 bridgehead atoms. The summed E-state index contributed by atoms with van der Waals surface area (Å²) in [5.74, 6) is -1.01. The molecule has 0 atom stereocenters. The molecule has 0 aliphatic heterocycles. The maximum Gasteiger partial charge on any atom is 0.339 e. The number of sulfone groups is 1. The summed E-state index contributed by atoms with van der Waals surface area (Å²) >= 11 is 0. The van der Waals surface area contributed by atoms with Gasteiger partial charge in [0, 0.05) is 5.75 Å². The second-order valence-electron chi connectivity index (χ2n) is 4.36. The Balaban J connectivity index is 3.00. The van der Waals surface area contributed by atoms with Crippen molar-refractivity contribution in [2.75, 3.05) is 11.5 Å².